The van der Waals surface area contributed by atoms with Crippen molar-refractivity contribution in [2.45, 2.75) is 72.1 Å². The van der Waals surface area contributed by atoms with E-state index in [1.54, 1.807) is 0 Å². The van der Waals surface area contributed by atoms with Gasteiger partial charge >= 0.3 is 0 Å². The molecule has 0 aliphatic carbocycles. The van der Waals surface area contributed by atoms with Gasteiger partial charge in [-0.15, -0.1) is 0 Å². The van der Waals surface area contributed by atoms with Gasteiger partial charge in [0.1, 0.15) is 0 Å². The van der Waals surface area contributed by atoms with Crippen LogP contribution in [0.1, 0.15) is 53.9 Å². The smallest absolute Gasteiger partial charge is 0.0597 e. The van der Waals surface area contributed by atoms with E-state index < -0.39 is 0 Å². The van der Waals surface area contributed by atoms with Crippen LogP contribution in [0.4, 0.5) is 0 Å². The van der Waals surface area contributed by atoms with Crippen LogP contribution in [0.3, 0.4) is 0 Å². The Labute approximate surface area is 120 Å². The minimum absolute atomic E-state index is 0.345. The molecule has 0 radical (unpaired) electrons. The summed E-state index contributed by atoms with van der Waals surface area (Å²) in [5.41, 5.74) is 0. The Kier molecular flexibility index (Phi) is 7.96. The van der Waals surface area contributed by atoms with Crippen molar-refractivity contribution in [1.82, 2.24) is 10.2 Å². The van der Waals surface area contributed by atoms with Crippen molar-refractivity contribution in [2.75, 3.05) is 26.2 Å². The van der Waals surface area contributed by atoms with E-state index in [2.05, 4.69) is 44.8 Å². The standard InChI is InChI=1S/C16H34N2O/c1-6-7-15-12-18(8-9-19-14(4)5)16(11-17-15)10-13(2)3/h13-17H,6-12H2,1-5H3. The van der Waals surface area contributed by atoms with Gasteiger partial charge in [-0.05, 0) is 32.6 Å². The zero-order valence-corrected chi connectivity index (χ0v) is 13.6. The molecule has 2 atom stereocenters. The van der Waals surface area contributed by atoms with E-state index in [0.29, 0.717) is 18.2 Å². The third kappa shape index (κ3) is 6.73. The van der Waals surface area contributed by atoms with Crippen LogP contribution < -0.4 is 5.32 Å². The van der Waals surface area contributed by atoms with Crippen molar-refractivity contribution in [3.63, 3.8) is 0 Å². The zero-order chi connectivity index (χ0) is 14.3. The Hall–Kier alpha value is -0.120. The quantitative estimate of drug-likeness (QED) is 0.734. The maximum absolute atomic E-state index is 5.73. The maximum Gasteiger partial charge on any atom is 0.0597 e. The highest BCUT2D eigenvalue weighted by Crippen LogP contribution is 2.17. The number of nitrogens with one attached hydrogen (secondary N) is 1. The molecule has 1 heterocycles. The molecule has 1 N–H and O–H groups in total. The number of hydrogen-bond donors (Lipinski definition) is 1. The molecule has 0 aromatic rings. The molecule has 0 aromatic carbocycles. The first kappa shape index (κ1) is 16.9. The first-order valence-electron chi connectivity index (χ1n) is 8.12. The molecule has 0 aromatic heterocycles. The van der Waals surface area contributed by atoms with Crippen LogP contribution in [0.15, 0.2) is 0 Å². The lowest BCUT2D eigenvalue weighted by Gasteiger charge is -2.41. The van der Waals surface area contributed by atoms with Crippen molar-refractivity contribution in [1.29, 1.82) is 0 Å². The van der Waals surface area contributed by atoms with Gasteiger partial charge in [0.2, 0.25) is 0 Å². The molecule has 1 saturated heterocycles. The van der Waals surface area contributed by atoms with E-state index in [-0.39, 0.29) is 0 Å². The van der Waals surface area contributed by atoms with Gasteiger partial charge in [-0.2, -0.15) is 0 Å². The van der Waals surface area contributed by atoms with Gasteiger partial charge in [0, 0.05) is 31.7 Å². The highest BCUT2D eigenvalue weighted by Gasteiger charge is 2.27. The Morgan fingerprint density at radius 3 is 2.58 bits per heavy atom. The van der Waals surface area contributed by atoms with Gasteiger partial charge in [0.15, 0.2) is 0 Å². The molecule has 3 nitrogen and oxygen atoms in total. The monoisotopic (exact) mass is 270 g/mol. The Bertz CT molecular complexity index is 231. The summed E-state index contributed by atoms with van der Waals surface area (Å²) in [4.78, 5) is 2.65. The van der Waals surface area contributed by atoms with Gasteiger partial charge in [-0.1, -0.05) is 27.2 Å². The second kappa shape index (κ2) is 8.93. The summed E-state index contributed by atoms with van der Waals surface area (Å²) in [5, 5.41) is 3.72. The van der Waals surface area contributed by atoms with Crippen LogP contribution in [0, 0.1) is 5.92 Å². The molecule has 0 bridgehead atoms. The summed E-state index contributed by atoms with van der Waals surface area (Å²) in [6.07, 6.45) is 4.18. The van der Waals surface area contributed by atoms with Crippen LogP contribution in [0.2, 0.25) is 0 Å². The van der Waals surface area contributed by atoms with Gasteiger partial charge in [0.05, 0.1) is 12.7 Å². The van der Waals surface area contributed by atoms with Crippen LogP contribution in [-0.2, 0) is 4.74 Å². The third-order valence-electron chi connectivity index (χ3n) is 3.82. The second-order valence-corrected chi connectivity index (χ2v) is 6.59. The predicted molar refractivity (Wildman–Crippen MR) is 82.6 cm³/mol. The van der Waals surface area contributed by atoms with E-state index in [0.717, 1.165) is 25.6 Å². The summed E-state index contributed by atoms with van der Waals surface area (Å²) in [5.74, 6) is 0.767. The fourth-order valence-corrected chi connectivity index (χ4v) is 2.93. The summed E-state index contributed by atoms with van der Waals surface area (Å²) >= 11 is 0. The number of nitrogens with zero attached hydrogens (tertiary/aromatic N) is 1. The first-order valence-corrected chi connectivity index (χ1v) is 8.12. The summed E-state index contributed by atoms with van der Waals surface area (Å²) < 4.78 is 5.73. The molecule has 1 rings (SSSR count). The largest absolute Gasteiger partial charge is 0.377 e. The molecule has 3 heteroatoms. The molecule has 1 fully saturated rings. The lowest BCUT2D eigenvalue weighted by atomic mass is 9.98. The van der Waals surface area contributed by atoms with E-state index in [1.807, 2.05) is 0 Å². The van der Waals surface area contributed by atoms with E-state index >= 15 is 0 Å². The van der Waals surface area contributed by atoms with Crippen molar-refractivity contribution >= 4 is 0 Å². The molecule has 1 aliphatic heterocycles. The average Bonchev–Trinajstić information content (AvgIpc) is 2.31. The molecule has 114 valence electrons. The minimum Gasteiger partial charge on any atom is -0.377 e. The number of piperazine rings is 1. The minimum atomic E-state index is 0.345. The van der Waals surface area contributed by atoms with Crippen molar-refractivity contribution < 1.29 is 4.74 Å². The molecule has 0 spiro atoms. The summed E-state index contributed by atoms with van der Waals surface area (Å²) in [7, 11) is 0. The summed E-state index contributed by atoms with van der Waals surface area (Å²) in [6, 6.07) is 1.36. The molecule has 2 unspecified atom stereocenters. The highest BCUT2D eigenvalue weighted by molar-refractivity contribution is 4.86. The Balaban J connectivity index is 2.45. The van der Waals surface area contributed by atoms with Crippen LogP contribution >= 0.6 is 0 Å². The third-order valence-corrected chi connectivity index (χ3v) is 3.82. The first-order chi connectivity index (χ1) is 9.02. The van der Waals surface area contributed by atoms with E-state index in [9.17, 15) is 0 Å². The molecular formula is C16H34N2O. The van der Waals surface area contributed by atoms with Gasteiger partial charge in [-0.25, -0.2) is 0 Å². The average molecular weight is 270 g/mol. The van der Waals surface area contributed by atoms with Crippen molar-refractivity contribution in [2.24, 2.45) is 5.92 Å². The number of rotatable bonds is 8. The molecule has 19 heavy (non-hydrogen) atoms. The van der Waals surface area contributed by atoms with Crippen molar-refractivity contribution in [3.8, 4) is 0 Å². The lowest BCUT2D eigenvalue weighted by Crippen LogP contribution is -2.57. The lowest BCUT2D eigenvalue weighted by molar-refractivity contribution is 0.0318. The highest BCUT2D eigenvalue weighted by atomic mass is 16.5. The number of hydrogen-bond acceptors (Lipinski definition) is 3. The van der Waals surface area contributed by atoms with E-state index in [4.69, 9.17) is 4.74 Å². The topological polar surface area (TPSA) is 24.5 Å². The molecular weight excluding hydrogens is 236 g/mol. The maximum atomic E-state index is 5.73. The number of ether oxygens (including phenoxy) is 1. The molecule has 0 saturated carbocycles. The Morgan fingerprint density at radius 2 is 2.00 bits per heavy atom. The van der Waals surface area contributed by atoms with Crippen LogP contribution in [-0.4, -0.2) is 49.3 Å². The van der Waals surface area contributed by atoms with Crippen LogP contribution in [0.25, 0.3) is 0 Å². The van der Waals surface area contributed by atoms with E-state index in [1.165, 1.54) is 25.8 Å². The Morgan fingerprint density at radius 1 is 1.26 bits per heavy atom. The van der Waals surface area contributed by atoms with Crippen molar-refractivity contribution in [3.05, 3.63) is 0 Å². The second-order valence-electron chi connectivity index (χ2n) is 6.59. The SMILES string of the molecule is CCCC1CN(CCOC(C)C)C(CC(C)C)CN1. The predicted octanol–water partition coefficient (Wildman–Crippen LogP) is 2.90. The summed E-state index contributed by atoms with van der Waals surface area (Å²) in [6.45, 7) is 15.4. The van der Waals surface area contributed by atoms with Gasteiger partial charge < -0.3 is 10.1 Å². The van der Waals surface area contributed by atoms with Gasteiger partial charge in [-0.3, -0.25) is 4.90 Å². The fraction of sp³-hybridized carbons (Fsp3) is 1.00. The molecule has 1 aliphatic rings. The van der Waals surface area contributed by atoms with Gasteiger partial charge in [0.25, 0.3) is 0 Å². The van der Waals surface area contributed by atoms with Crippen LogP contribution in [0.5, 0.6) is 0 Å². The fourth-order valence-electron chi connectivity index (χ4n) is 2.93. The normalized spacial score (nSPS) is 25.4. The molecule has 0 amide bonds. The zero-order valence-electron chi connectivity index (χ0n) is 13.6.